The monoisotopic (exact) mass is 281 g/mol. The van der Waals surface area contributed by atoms with Gasteiger partial charge in [0.2, 0.25) is 5.91 Å². The zero-order chi connectivity index (χ0) is 13.8. The maximum absolute atomic E-state index is 13.1. The molecule has 1 aliphatic rings. The highest BCUT2D eigenvalue weighted by Crippen LogP contribution is 2.19. The van der Waals surface area contributed by atoms with Crippen molar-refractivity contribution in [1.29, 1.82) is 0 Å². The Labute approximate surface area is 116 Å². The van der Waals surface area contributed by atoms with Gasteiger partial charge in [-0.15, -0.1) is 0 Å². The molecule has 0 saturated heterocycles. The van der Waals surface area contributed by atoms with Crippen molar-refractivity contribution in [1.82, 2.24) is 5.32 Å². The highest BCUT2D eigenvalue weighted by Gasteiger charge is 2.22. The molecule has 4 nitrogen and oxygen atoms in total. The smallest absolute Gasteiger partial charge is 0.221 e. The standard InChI is InChI=1S/C13H16FN3OS/c14-8-1-4-11(10(7-8)13(15)19)16-6-5-12(18)17-9-2-3-9/h1,4,7,9,16H,2-3,5-6H2,(H2,15,19)(H,17,18). The molecule has 0 heterocycles. The fraction of sp³-hybridized carbons (Fsp3) is 0.385. The van der Waals surface area contributed by atoms with E-state index < -0.39 is 0 Å². The molecule has 0 spiro atoms. The van der Waals surface area contributed by atoms with Gasteiger partial charge in [-0.05, 0) is 31.0 Å². The summed E-state index contributed by atoms with van der Waals surface area (Å²) in [7, 11) is 0. The Hall–Kier alpha value is -1.69. The number of amides is 1. The van der Waals surface area contributed by atoms with Crippen LogP contribution in [0.15, 0.2) is 18.2 Å². The lowest BCUT2D eigenvalue weighted by Gasteiger charge is -2.11. The number of benzene rings is 1. The Balaban J connectivity index is 1.87. The van der Waals surface area contributed by atoms with Gasteiger partial charge in [0.1, 0.15) is 10.8 Å². The number of nitrogens with one attached hydrogen (secondary N) is 2. The predicted octanol–water partition coefficient (Wildman–Crippen LogP) is 1.54. The van der Waals surface area contributed by atoms with E-state index in [2.05, 4.69) is 10.6 Å². The molecule has 0 atom stereocenters. The van der Waals surface area contributed by atoms with E-state index in [9.17, 15) is 9.18 Å². The summed E-state index contributed by atoms with van der Waals surface area (Å²) in [5, 5.41) is 5.95. The summed E-state index contributed by atoms with van der Waals surface area (Å²) in [6.45, 7) is 0.458. The molecule has 19 heavy (non-hydrogen) atoms. The van der Waals surface area contributed by atoms with Gasteiger partial charge in [-0.1, -0.05) is 12.2 Å². The normalized spacial score (nSPS) is 13.9. The van der Waals surface area contributed by atoms with Crippen LogP contribution in [0.2, 0.25) is 0 Å². The third-order valence-electron chi connectivity index (χ3n) is 2.86. The van der Waals surface area contributed by atoms with Crippen molar-refractivity contribution in [2.45, 2.75) is 25.3 Å². The Morgan fingerprint density at radius 1 is 1.47 bits per heavy atom. The molecule has 1 aromatic rings. The van der Waals surface area contributed by atoms with Gasteiger partial charge < -0.3 is 16.4 Å². The van der Waals surface area contributed by atoms with Gasteiger partial charge in [-0.2, -0.15) is 0 Å². The van der Waals surface area contributed by atoms with Crippen LogP contribution in [-0.2, 0) is 4.79 Å². The van der Waals surface area contributed by atoms with Crippen molar-refractivity contribution in [3.8, 4) is 0 Å². The molecule has 1 aliphatic carbocycles. The van der Waals surface area contributed by atoms with Crippen molar-refractivity contribution in [2.24, 2.45) is 5.73 Å². The van der Waals surface area contributed by atoms with E-state index in [4.69, 9.17) is 18.0 Å². The molecule has 0 bridgehead atoms. The molecule has 102 valence electrons. The Kier molecular flexibility index (Phi) is 4.31. The molecule has 4 N–H and O–H groups in total. The highest BCUT2D eigenvalue weighted by molar-refractivity contribution is 7.80. The second kappa shape index (κ2) is 5.97. The highest BCUT2D eigenvalue weighted by atomic mass is 32.1. The van der Waals surface area contributed by atoms with Crippen LogP contribution in [0.4, 0.5) is 10.1 Å². The topological polar surface area (TPSA) is 67.1 Å². The van der Waals surface area contributed by atoms with Crippen LogP contribution in [0.5, 0.6) is 0 Å². The molecule has 0 aromatic heterocycles. The van der Waals surface area contributed by atoms with Crippen LogP contribution in [0.25, 0.3) is 0 Å². The minimum atomic E-state index is -0.389. The van der Waals surface area contributed by atoms with E-state index in [1.807, 2.05) is 0 Å². The van der Waals surface area contributed by atoms with E-state index in [0.717, 1.165) is 12.8 Å². The summed E-state index contributed by atoms with van der Waals surface area (Å²) in [6.07, 6.45) is 2.51. The van der Waals surface area contributed by atoms with Gasteiger partial charge >= 0.3 is 0 Å². The van der Waals surface area contributed by atoms with Crippen molar-refractivity contribution < 1.29 is 9.18 Å². The molecule has 2 rings (SSSR count). The predicted molar refractivity (Wildman–Crippen MR) is 76.6 cm³/mol. The lowest BCUT2D eigenvalue weighted by atomic mass is 10.1. The maximum atomic E-state index is 13.1. The summed E-state index contributed by atoms with van der Waals surface area (Å²) in [4.78, 5) is 11.6. The molecule has 1 fully saturated rings. The molecule has 1 amide bonds. The quantitative estimate of drug-likeness (QED) is 0.692. The van der Waals surface area contributed by atoms with Crippen LogP contribution in [0.3, 0.4) is 0 Å². The summed E-state index contributed by atoms with van der Waals surface area (Å²) >= 11 is 4.87. The molecular formula is C13H16FN3OS. The largest absolute Gasteiger partial charge is 0.389 e. The zero-order valence-corrected chi connectivity index (χ0v) is 11.2. The van der Waals surface area contributed by atoms with Crippen molar-refractivity contribution >= 4 is 28.8 Å². The number of thiocarbonyl (C=S) groups is 1. The van der Waals surface area contributed by atoms with E-state index in [0.29, 0.717) is 30.3 Å². The first kappa shape index (κ1) is 13.7. The fourth-order valence-corrected chi connectivity index (χ4v) is 1.88. The third-order valence-corrected chi connectivity index (χ3v) is 3.08. The van der Waals surface area contributed by atoms with E-state index >= 15 is 0 Å². The first-order valence-electron chi connectivity index (χ1n) is 6.19. The van der Waals surface area contributed by atoms with E-state index in [-0.39, 0.29) is 16.7 Å². The third kappa shape index (κ3) is 4.17. The van der Waals surface area contributed by atoms with Crippen molar-refractivity contribution in [2.75, 3.05) is 11.9 Å². The summed E-state index contributed by atoms with van der Waals surface area (Å²) in [6, 6.07) is 4.55. The molecule has 1 aromatic carbocycles. The second-order valence-corrected chi connectivity index (χ2v) is 5.01. The van der Waals surface area contributed by atoms with Crippen LogP contribution in [-0.4, -0.2) is 23.5 Å². The Bertz CT molecular complexity index is 503. The summed E-state index contributed by atoms with van der Waals surface area (Å²) in [5.74, 6) is -0.367. The van der Waals surface area contributed by atoms with Gasteiger partial charge in [0, 0.05) is 30.3 Å². The average molecular weight is 281 g/mol. The summed E-state index contributed by atoms with van der Waals surface area (Å²) in [5.41, 5.74) is 6.64. The van der Waals surface area contributed by atoms with Gasteiger partial charge in [0.15, 0.2) is 0 Å². The van der Waals surface area contributed by atoms with Gasteiger partial charge in [-0.3, -0.25) is 4.79 Å². The van der Waals surface area contributed by atoms with Gasteiger partial charge in [-0.25, -0.2) is 4.39 Å². The van der Waals surface area contributed by atoms with Crippen LogP contribution in [0.1, 0.15) is 24.8 Å². The van der Waals surface area contributed by atoms with Crippen molar-refractivity contribution in [3.63, 3.8) is 0 Å². The Morgan fingerprint density at radius 3 is 2.84 bits per heavy atom. The van der Waals surface area contributed by atoms with E-state index in [1.165, 1.54) is 12.1 Å². The SMILES string of the molecule is NC(=S)c1cc(F)ccc1NCCC(=O)NC1CC1. The first-order chi connectivity index (χ1) is 9.06. The van der Waals surface area contributed by atoms with Gasteiger partial charge in [0.05, 0.1) is 0 Å². The zero-order valence-electron chi connectivity index (χ0n) is 10.4. The van der Waals surface area contributed by atoms with Crippen LogP contribution in [0, 0.1) is 5.82 Å². The Morgan fingerprint density at radius 2 is 2.21 bits per heavy atom. The number of anilines is 1. The number of hydrogen-bond acceptors (Lipinski definition) is 3. The number of carbonyl (C=O) groups is 1. The lowest BCUT2D eigenvalue weighted by Crippen LogP contribution is -2.27. The number of rotatable bonds is 6. The van der Waals surface area contributed by atoms with Crippen molar-refractivity contribution in [3.05, 3.63) is 29.6 Å². The minimum Gasteiger partial charge on any atom is -0.389 e. The second-order valence-electron chi connectivity index (χ2n) is 4.57. The lowest BCUT2D eigenvalue weighted by molar-refractivity contribution is -0.120. The maximum Gasteiger partial charge on any atom is 0.221 e. The van der Waals surface area contributed by atoms with Gasteiger partial charge in [0.25, 0.3) is 0 Å². The number of carbonyl (C=O) groups excluding carboxylic acids is 1. The minimum absolute atomic E-state index is 0.0222. The molecule has 0 unspecified atom stereocenters. The summed E-state index contributed by atoms with van der Waals surface area (Å²) < 4.78 is 13.1. The molecule has 0 aliphatic heterocycles. The molecule has 0 radical (unpaired) electrons. The molecular weight excluding hydrogens is 265 g/mol. The average Bonchev–Trinajstić information content (AvgIpc) is 3.14. The molecule has 1 saturated carbocycles. The first-order valence-corrected chi connectivity index (χ1v) is 6.59. The number of nitrogens with two attached hydrogens (primary N) is 1. The van der Waals surface area contributed by atoms with Crippen LogP contribution >= 0.6 is 12.2 Å². The van der Waals surface area contributed by atoms with Crippen LogP contribution < -0.4 is 16.4 Å². The molecule has 6 heteroatoms. The van der Waals surface area contributed by atoms with E-state index in [1.54, 1.807) is 6.07 Å². The number of halogens is 1. The number of hydrogen-bond donors (Lipinski definition) is 3. The fourth-order valence-electron chi connectivity index (χ4n) is 1.71.